The maximum atomic E-state index is 12.8. The van der Waals surface area contributed by atoms with Gasteiger partial charge in [0.05, 0.1) is 6.20 Å². The summed E-state index contributed by atoms with van der Waals surface area (Å²) in [7, 11) is 0. The molecular weight excluding hydrogens is 336 g/mol. The summed E-state index contributed by atoms with van der Waals surface area (Å²) in [5, 5.41) is 2.97. The van der Waals surface area contributed by atoms with E-state index in [0.717, 1.165) is 23.2 Å². The van der Waals surface area contributed by atoms with Crippen molar-refractivity contribution in [3.63, 3.8) is 0 Å². The second kappa shape index (κ2) is 7.70. The Morgan fingerprint density at radius 1 is 0.889 bits per heavy atom. The van der Waals surface area contributed by atoms with Crippen molar-refractivity contribution in [2.45, 2.75) is 6.42 Å². The van der Waals surface area contributed by atoms with Gasteiger partial charge in [-0.15, -0.1) is 0 Å². The highest BCUT2D eigenvalue weighted by molar-refractivity contribution is 6.05. The standard InChI is InChI=1S/C23H18N2O2/c26-23(25-20-12-10-18(11-13-20)22-15-24-16-27-22)21-9-5-4-8-19(21)14-17-6-2-1-3-7-17/h1-13,15-16H,14H2,(H,25,26). The van der Waals surface area contributed by atoms with Crippen molar-refractivity contribution in [2.75, 3.05) is 5.32 Å². The molecule has 4 rings (SSSR count). The molecule has 0 saturated heterocycles. The number of anilines is 1. The second-order valence-corrected chi connectivity index (χ2v) is 6.22. The quantitative estimate of drug-likeness (QED) is 0.537. The first-order chi connectivity index (χ1) is 13.3. The van der Waals surface area contributed by atoms with E-state index >= 15 is 0 Å². The third-order valence-corrected chi connectivity index (χ3v) is 4.36. The van der Waals surface area contributed by atoms with E-state index in [1.54, 1.807) is 6.20 Å². The number of hydrogen-bond acceptors (Lipinski definition) is 3. The van der Waals surface area contributed by atoms with Crippen LogP contribution in [0.5, 0.6) is 0 Å². The first-order valence-electron chi connectivity index (χ1n) is 8.72. The van der Waals surface area contributed by atoms with Crippen LogP contribution in [-0.2, 0) is 6.42 Å². The van der Waals surface area contributed by atoms with Gasteiger partial charge in [-0.05, 0) is 47.9 Å². The number of amides is 1. The molecule has 132 valence electrons. The molecule has 0 spiro atoms. The Kier molecular flexibility index (Phi) is 4.79. The number of aromatic nitrogens is 1. The molecule has 0 fully saturated rings. The van der Waals surface area contributed by atoms with E-state index in [4.69, 9.17) is 4.42 Å². The average Bonchev–Trinajstić information content (AvgIpc) is 3.25. The number of nitrogens with zero attached hydrogens (tertiary/aromatic N) is 1. The fourth-order valence-corrected chi connectivity index (χ4v) is 2.99. The van der Waals surface area contributed by atoms with Crippen LogP contribution in [-0.4, -0.2) is 10.9 Å². The Bertz CT molecular complexity index is 1020. The van der Waals surface area contributed by atoms with Crippen LogP contribution in [0.3, 0.4) is 0 Å². The number of benzene rings is 3. The van der Waals surface area contributed by atoms with Crippen LogP contribution in [0.25, 0.3) is 11.3 Å². The number of carbonyl (C=O) groups is 1. The van der Waals surface area contributed by atoms with Gasteiger partial charge in [0.2, 0.25) is 0 Å². The van der Waals surface area contributed by atoms with E-state index < -0.39 is 0 Å². The van der Waals surface area contributed by atoms with E-state index in [0.29, 0.717) is 11.3 Å². The van der Waals surface area contributed by atoms with E-state index in [9.17, 15) is 4.79 Å². The van der Waals surface area contributed by atoms with Crippen molar-refractivity contribution in [1.29, 1.82) is 0 Å². The minimum Gasteiger partial charge on any atom is -0.444 e. The summed E-state index contributed by atoms with van der Waals surface area (Å²) in [5.74, 6) is 0.579. The summed E-state index contributed by atoms with van der Waals surface area (Å²) in [6.45, 7) is 0. The monoisotopic (exact) mass is 354 g/mol. The highest BCUT2D eigenvalue weighted by Gasteiger charge is 2.12. The maximum Gasteiger partial charge on any atom is 0.255 e. The summed E-state index contributed by atoms with van der Waals surface area (Å²) < 4.78 is 5.28. The van der Waals surface area contributed by atoms with Crippen LogP contribution in [0, 0.1) is 0 Å². The predicted octanol–water partition coefficient (Wildman–Crippen LogP) is 5.18. The highest BCUT2D eigenvalue weighted by Crippen LogP contribution is 2.22. The number of hydrogen-bond donors (Lipinski definition) is 1. The molecule has 4 aromatic rings. The van der Waals surface area contributed by atoms with Gasteiger partial charge in [-0.2, -0.15) is 0 Å². The Hall–Kier alpha value is -3.66. The molecule has 0 radical (unpaired) electrons. The lowest BCUT2D eigenvalue weighted by molar-refractivity contribution is 0.102. The lowest BCUT2D eigenvalue weighted by atomic mass is 9.99. The Morgan fingerprint density at radius 3 is 2.37 bits per heavy atom. The molecule has 1 heterocycles. The van der Waals surface area contributed by atoms with Crippen molar-refractivity contribution in [3.8, 4) is 11.3 Å². The first kappa shape index (κ1) is 16.8. The smallest absolute Gasteiger partial charge is 0.255 e. The summed E-state index contributed by atoms with van der Waals surface area (Å²) >= 11 is 0. The van der Waals surface area contributed by atoms with Crippen LogP contribution in [0.1, 0.15) is 21.5 Å². The van der Waals surface area contributed by atoms with Crippen molar-refractivity contribution >= 4 is 11.6 Å². The minimum atomic E-state index is -0.117. The van der Waals surface area contributed by atoms with Crippen LogP contribution in [0.2, 0.25) is 0 Å². The Labute approximate surface area is 157 Å². The Balaban J connectivity index is 1.52. The SMILES string of the molecule is O=C(Nc1ccc(-c2cnco2)cc1)c1ccccc1Cc1ccccc1. The largest absolute Gasteiger partial charge is 0.444 e. The topological polar surface area (TPSA) is 55.1 Å². The zero-order chi connectivity index (χ0) is 18.5. The van der Waals surface area contributed by atoms with Crippen molar-refractivity contribution in [3.05, 3.63) is 108 Å². The lowest BCUT2D eigenvalue weighted by Crippen LogP contribution is -2.14. The van der Waals surface area contributed by atoms with Gasteiger partial charge in [-0.25, -0.2) is 4.98 Å². The summed E-state index contributed by atoms with van der Waals surface area (Å²) in [6.07, 6.45) is 3.77. The number of rotatable bonds is 5. The Morgan fingerprint density at radius 2 is 1.63 bits per heavy atom. The number of oxazole rings is 1. The first-order valence-corrected chi connectivity index (χ1v) is 8.72. The maximum absolute atomic E-state index is 12.8. The van der Waals surface area contributed by atoms with Gasteiger partial charge in [0, 0.05) is 16.8 Å². The molecule has 0 unspecified atom stereocenters. The highest BCUT2D eigenvalue weighted by atomic mass is 16.3. The second-order valence-electron chi connectivity index (χ2n) is 6.22. The summed E-state index contributed by atoms with van der Waals surface area (Å²) in [6, 6.07) is 25.3. The van der Waals surface area contributed by atoms with Gasteiger partial charge in [0.1, 0.15) is 0 Å². The summed E-state index contributed by atoms with van der Waals surface area (Å²) in [4.78, 5) is 16.7. The third-order valence-electron chi connectivity index (χ3n) is 4.36. The fourth-order valence-electron chi connectivity index (χ4n) is 2.99. The molecule has 4 heteroatoms. The molecule has 1 aromatic heterocycles. The predicted molar refractivity (Wildman–Crippen MR) is 106 cm³/mol. The van der Waals surface area contributed by atoms with Gasteiger partial charge in [-0.3, -0.25) is 4.79 Å². The normalized spacial score (nSPS) is 10.5. The third kappa shape index (κ3) is 3.96. The van der Waals surface area contributed by atoms with E-state index in [1.165, 1.54) is 12.0 Å². The number of carbonyl (C=O) groups excluding carboxylic acids is 1. The van der Waals surface area contributed by atoms with Crippen LogP contribution in [0.4, 0.5) is 5.69 Å². The molecule has 1 amide bonds. The van der Waals surface area contributed by atoms with Crippen molar-refractivity contribution in [1.82, 2.24) is 4.98 Å². The van der Waals surface area contributed by atoms with Crippen LogP contribution in [0.15, 0.2) is 95.9 Å². The van der Waals surface area contributed by atoms with Crippen molar-refractivity contribution < 1.29 is 9.21 Å². The van der Waals surface area contributed by atoms with Gasteiger partial charge in [-0.1, -0.05) is 48.5 Å². The molecule has 0 bridgehead atoms. The molecule has 4 nitrogen and oxygen atoms in total. The molecule has 0 aliphatic rings. The van der Waals surface area contributed by atoms with Crippen LogP contribution < -0.4 is 5.32 Å². The molecule has 0 saturated carbocycles. The fraction of sp³-hybridized carbons (Fsp3) is 0.0435. The average molecular weight is 354 g/mol. The molecule has 3 aromatic carbocycles. The molecule has 0 atom stereocenters. The van der Waals surface area contributed by atoms with E-state index in [1.807, 2.05) is 66.7 Å². The minimum absolute atomic E-state index is 0.117. The zero-order valence-corrected chi connectivity index (χ0v) is 14.6. The molecule has 0 aliphatic heterocycles. The van der Waals surface area contributed by atoms with Gasteiger partial charge in [0.25, 0.3) is 5.91 Å². The molecule has 0 aliphatic carbocycles. The van der Waals surface area contributed by atoms with Gasteiger partial charge >= 0.3 is 0 Å². The van der Waals surface area contributed by atoms with Crippen molar-refractivity contribution in [2.24, 2.45) is 0 Å². The molecule has 1 N–H and O–H groups in total. The lowest BCUT2D eigenvalue weighted by Gasteiger charge is -2.11. The van der Waals surface area contributed by atoms with Gasteiger partial charge in [0.15, 0.2) is 12.2 Å². The zero-order valence-electron chi connectivity index (χ0n) is 14.6. The molecular formula is C23H18N2O2. The summed E-state index contributed by atoms with van der Waals surface area (Å²) in [5.41, 5.74) is 4.50. The van der Waals surface area contributed by atoms with Gasteiger partial charge < -0.3 is 9.73 Å². The van der Waals surface area contributed by atoms with Crippen LogP contribution >= 0.6 is 0 Å². The molecule has 27 heavy (non-hydrogen) atoms. The number of nitrogens with one attached hydrogen (secondary N) is 1. The van der Waals surface area contributed by atoms with E-state index in [-0.39, 0.29) is 5.91 Å². The van der Waals surface area contributed by atoms with E-state index in [2.05, 4.69) is 22.4 Å².